The van der Waals surface area contributed by atoms with E-state index in [0.29, 0.717) is 19.6 Å². The smallest absolute Gasteiger partial charge is 0.133 e. The predicted molar refractivity (Wildman–Crippen MR) is 76.7 cm³/mol. The third kappa shape index (κ3) is 5.54. The van der Waals surface area contributed by atoms with E-state index in [4.69, 9.17) is 15.9 Å². The number of halogens is 1. The van der Waals surface area contributed by atoms with Crippen LogP contribution in [0.2, 0.25) is 0 Å². The first-order chi connectivity index (χ1) is 8.77. The van der Waals surface area contributed by atoms with E-state index in [1.165, 1.54) is 5.56 Å². The first-order valence-corrected chi connectivity index (χ1v) is 6.61. The molecule has 3 nitrogen and oxygen atoms in total. The Morgan fingerprint density at radius 2 is 2.22 bits per heavy atom. The van der Waals surface area contributed by atoms with E-state index in [-0.39, 0.29) is 0 Å². The van der Waals surface area contributed by atoms with Crippen molar-refractivity contribution in [2.45, 2.75) is 13.0 Å². The quantitative estimate of drug-likeness (QED) is 0.591. The normalized spacial score (nSPS) is 10.1. The van der Waals surface area contributed by atoms with Gasteiger partial charge in [-0.05, 0) is 33.6 Å². The van der Waals surface area contributed by atoms with E-state index in [1.807, 2.05) is 18.2 Å². The number of hydrogen-bond donors (Lipinski definition) is 1. The molecular formula is C14H18BrNO2. The van der Waals surface area contributed by atoms with Gasteiger partial charge in [-0.3, -0.25) is 0 Å². The lowest BCUT2D eigenvalue weighted by Crippen LogP contribution is -2.18. The molecule has 18 heavy (non-hydrogen) atoms. The van der Waals surface area contributed by atoms with Crippen LogP contribution in [0.3, 0.4) is 0 Å². The highest BCUT2D eigenvalue weighted by Gasteiger charge is 2.02. The molecule has 1 aromatic rings. The lowest BCUT2D eigenvalue weighted by Gasteiger charge is -2.09. The molecule has 0 atom stereocenters. The van der Waals surface area contributed by atoms with Crippen LogP contribution in [0, 0.1) is 12.3 Å². The number of methoxy groups -OCH3 is 1. The molecule has 0 aliphatic rings. The Balaban J connectivity index is 2.43. The highest BCUT2D eigenvalue weighted by molar-refractivity contribution is 9.10. The fourth-order valence-corrected chi connectivity index (χ4v) is 1.94. The fraction of sp³-hybridized carbons (Fsp3) is 0.429. The van der Waals surface area contributed by atoms with Gasteiger partial charge in [0, 0.05) is 26.6 Å². The monoisotopic (exact) mass is 311 g/mol. The van der Waals surface area contributed by atoms with Gasteiger partial charge in [0.25, 0.3) is 0 Å². The molecule has 0 radical (unpaired) electrons. The Morgan fingerprint density at radius 3 is 2.89 bits per heavy atom. The van der Waals surface area contributed by atoms with Crippen LogP contribution < -0.4 is 10.1 Å². The van der Waals surface area contributed by atoms with Gasteiger partial charge in [-0.1, -0.05) is 6.07 Å². The minimum Gasteiger partial charge on any atom is -0.491 e. The molecule has 0 aliphatic carbocycles. The van der Waals surface area contributed by atoms with Crippen LogP contribution in [0.4, 0.5) is 0 Å². The summed E-state index contributed by atoms with van der Waals surface area (Å²) < 4.78 is 11.5. The zero-order valence-electron chi connectivity index (χ0n) is 10.5. The summed E-state index contributed by atoms with van der Waals surface area (Å²) in [5.41, 5.74) is 1.20. The van der Waals surface area contributed by atoms with Gasteiger partial charge < -0.3 is 14.8 Å². The minimum atomic E-state index is 0.542. The summed E-state index contributed by atoms with van der Waals surface area (Å²) in [5, 5.41) is 3.29. The van der Waals surface area contributed by atoms with Gasteiger partial charge in [-0.25, -0.2) is 0 Å². The largest absolute Gasteiger partial charge is 0.491 e. The van der Waals surface area contributed by atoms with Gasteiger partial charge in [0.15, 0.2) is 0 Å². The van der Waals surface area contributed by atoms with Crippen molar-refractivity contribution in [3.05, 3.63) is 28.2 Å². The molecule has 0 saturated heterocycles. The SMILES string of the molecule is C#CCCOc1ccc(CNCCOC)cc1Br. The number of nitrogens with one attached hydrogen (secondary N) is 1. The second-order valence-electron chi connectivity index (χ2n) is 3.74. The Kier molecular flexibility index (Phi) is 7.51. The standard InChI is InChI=1S/C14H18BrNO2/c1-3-4-8-18-14-6-5-12(10-13(14)15)11-16-7-9-17-2/h1,5-6,10,16H,4,7-9,11H2,2H3. The molecule has 0 aromatic heterocycles. The number of benzene rings is 1. The molecule has 0 fully saturated rings. The van der Waals surface area contributed by atoms with Gasteiger partial charge in [-0.2, -0.15) is 0 Å². The maximum absolute atomic E-state index is 5.55. The number of terminal acetylenes is 1. The minimum absolute atomic E-state index is 0.542. The number of rotatable bonds is 8. The highest BCUT2D eigenvalue weighted by Crippen LogP contribution is 2.26. The number of ether oxygens (including phenoxy) is 2. The zero-order chi connectivity index (χ0) is 13.2. The van der Waals surface area contributed by atoms with Crippen molar-refractivity contribution in [3.63, 3.8) is 0 Å². The fourth-order valence-electron chi connectivity index (χ4n) is 1.40. The van der Waals surface area contributed by atoms with Crippen LogP contribution in [-0.4, -0.2) is 26.9 Å². The van der Waals surface area contributed by atoms with Gasteiger partial charge in [0.2, 0.25) is 0 Å². The molecule has 0 unspecified atom stereocenters. The molecule has 1 rings (SSSR count). The van der Waals surface area contributed by atoms with Crippen LogP contribution in [-0.2, 0) is 11.3 Å². The van der Waals surface area contributed by atoms with Gasteiger partial charge in [0.05, 0.1) is 17.7 Å². The predicted octanol–water partition coefficient (Wildman–Crippen LogP) is 2.59. The van der Waals surface area contributed by atoms with E-state index >= 15 is 0 Å². The summed E-state index contributed by atoms with van der Waals surface area (Å²) in [4.78, 5) is 0. The molecule has 0 amide bonds. The first kappa shape index (κ1) is 15.0. The Bertz CT molecular complexity index is 401. The first-order valence-electron chi connectivity index (χ1n) is 5.82. The lowest BCUT2D eigenvalue weighted by atomic mass is 10.2. The average molecular weight is 312 g/mol. The molecular weight excluding hydrogens is 294 g/mol. The summed E-state index contributed by atoms with van der Waals surface area (Å²) in [6, 6.07) is 6.04. The molecule has 0 bridgehead atoms. The Morgan fingerprint density at radius 1 is 1.39 bits per heavy atom. The third-order valence-electron chi connectivity index (χ3n) is 2.31. The van der Waals surface area contributed by atoms with Crippen LogP contribution in [0.25, 0.3) is 0 Å². The molecule has 0 aliphatic heterocycles. The van der Waals surface area contributed by atoms with E-state index in [9.17, 15) is 0 Å². The van der Waals surface area contributed by atoms with Crippen LogP contribution >= 0.6 is 15.9 Å². The van der Waals surface area contributed by atoms with Crippen molar-refractivity contribution in [2.75, 3.05) is 26.9 Å². The van der Waals surface area contributed by atoms with E-state index in [0.717, 1.165) is 23.3 Å². The lowest BCUT2D eigenvalue weighted by molar-refractivity contribution is 0.199. The van der Waals surface area contributed by atoms with Crippen LogP contribution in [0.15, 0.2) is 22.7 Å². The van der Waals surface area contributed by atoms with Gasteiger partial charge >= 0.3 is 0 Å². The van der Waals surface area contributed by atoms with E-state index < -0.39 is 0 Å². The maximum atomic E-state index is 5.55. The van der Waals surface area contributed by atoms with Crippen molar-refractivity contribution in [2.24, 2.45) is 0 Å². The van der Waals surface area contributed by atoms with Crippen molar-refractivity contribution in [3.8, 4) is 18.1 Å². The van der Waals surface area contributed by atoms with E-state index in [2.05, 4.69) is 27.2 Å². The van der Waals surface area contributed by atoms with Gasteiger partial charge in [-0.15, -0.1) is 12.3 Å². The molecule has 98 valence electrons. The summed E-state index contributed by atoms with van der Waals surface area (Å²) in [6.07, 6.45) is 5.79. The highest BCUT2D eigenvalue weighted by atomic mass is 79.9. The molecule has 1 aromatic carbocycles. The topological polar surface area (TPSA) is 30.5 Å². The Hall–Kier alpha value is -1.02. The van der Waals surface area contributed by atoms with Crippen molar-refractivity contribution in [1.82, 2.24) is 5.32 Å². The van der Waals surface area contributed by atoms with Crippen LogP contribution in [0.5, 0.6) is 5.75 Å². The summed E-state index contributed by atoms with van der Waals surface area (Å²) in [7, 11) is 1.70. The van der Waals surface area contributed by atoms with E-state index in [1.54, 1.807) is 7.11 Å². The average Bonchev–Trinajstić information content (AvgIpc) is 2.37. The molecule has 0 heterocycles. The summed E-state index contributed by atoms with van der Waals surface area (Å²) in [6.45, 7) is 2.91. The van der Waals surface area contributed by atoms with Crippen molar-refractivity contribution >= 4 is 15.9 Å². The second-order valence-corrected chi connectivity index (χ2v) is 4.59. The molecule has 4 heteroatoms. The Labute approximate surface area is 117 Å². The zero-order valence-corrected chi connectivity index (χ0v) is 12.1. The van der Waals surface area contributed by atoms with Gasteiger partial charge in [0.1, 0.15) is 5.75 Å². The summed E-state index contributed by atoms with van der Waals surface area (Å²) >= 11 is 3.49. The summed E-state index contributed by atoms with van der Waals surface area (Å²) in [5.74, 6) is 3.37. The van der Waals surface area contributed by atoms with Crippen LogP contribution in [0.1, 0.15) is 12.0 Å². The maximum Gasteiger partial charge on any atom is 0.133 e. The third-order valence-corrected chi connectivity index (χ3v) is 2.93. The van der Waals surface area contributed by atoms with Crippen molar-refractivity contribution in [1.29, 1.82) is 0 Å². The number of hydrogen-bond acceptors (Lipinski definition) is 3. The second kappa shape index (κ2) is 8.98. The molecule has 0 saturated carbocycles. The van der Waals surface area contributed by atoms with Crippen molar-refractivity contribution < 1.29 is 9.47 Å². The molecule has 1 N–H and O–H groups in total. The molecule has 0 spiro atoms.